The largest absolute Gasteiger partial charge is 0.737 e. The van der Waals surface area contributed by atoms with Crippen LogP contribution in [-0.2, 0) is 0 Å². The molecule has 0 amide bonds. The predicted molar refractivity (Wildman–Crippen MR) is 125 cm³/mol. The summed E-state index contributed by atoms with van der Waals surface area (Å²) in [5.41, 5.74) is 9.94. The van der Waals surface area contributed by atoms with Crippen molar-refractivity contribution < 1.29 is 13.1 Å². The molecule has 0 bridgehead atoms. The average Bonchev–Trinajstić information content (AvgIpc) is 3.08. The first-order chi connectivity index (χ1) is 13.9. The van der Waals surface area contributed by atoms with Gasteiger partial charge in [0.2, 0.25) is 0 Å². The number of aryl methyl sites for hydroxylation is 2. The highest BCUT2D eigenvalue weighted by atomic mass is 28.3. The van der Waals surface area contributed by atoms with Crippen molar-refractivity contribution in [3.63, 3.8) is 0 Å². The highest BCUT2D eigenvalue weighted by molar-refractivity contribution is 6.84. The minimum absolute atomic E-state index is 0.545. The molecule has 154 valence electrons. The lowest BCUT2D eigenvalue weighted by Gasteiger charge is -2.34. The van der Waals surface area contributed by atoms with E-state index in [1.165, 1.54) is 8.96 Å². The molecule has 0 spiro atoms. The van der Waals surface area contributed by atoms with Gasteiger partial charge in [0.05, 0.1) is 11.1 Å². The molecular formula is C24H27BF2N2Si. The lowest BCUT2D eigenvalue weighted by molar-refractivity contribution is -0.363. The van der Waals surface area contributed by atoms with Crippen LogP contribution >= 0.6 is 0 Å². The summed E-state index contributed by atoms with van der Waals surface area (Å²) >= 11 is 0. The normalized spacial score (nSPS) is 17.8. The maximum atomic E-state index is 16.0. The first-order valence-corrected chi connectivity index (χ1v) is 13.8. The standard InChI is InChI=1S/C24H27BF2N2Si/c1-16-15-17(2)28-23(16)22(20-11-9-8-10-12-20)24-18(3)21(13-14-30(5,6)7)19(4)29(24)25(28,26)27/h8-12,15H,1-7H3. The van der Waals surface area contributed by atoms with Crippen molar-refractivity contribution in [3.8, 4) is 11.5 Å². The molecule has 0 aliphatic carbocycles. The minimum Gasteiger partial charge on any atom is -0.393 e. The van der Waals surface area contributed by atoms with Crippen LogP contribution in [0.15, 0.2) is 53.2 Å². The molecule has 2 nitrogen and oxygen atoms in total. The summed E-state index contributed by atoms with van der Waals surface area (Å²) in [4.78, 5) is 0. The zero-order chi connectivity index (χ0) is 22.0. The fraction of sp³-hybridized carbons (Fsp3) is 0.292. The van der Waals surface area contributed by atoms with Crippen molar-refractivity contribution in [1.82, 2.24) is 4.48 Å². The fourth-order valence-corrected chi connectivity index (χ4v) is 5.13. The van der Waals surface area contributed by atoms with Crippen molar-refractivity contribution in [2.24, 2.45) is 0 Å². The van der Waals surface area contributed by atoms with E-state index in [4.69, 9.17) is 0 Å². The molecule has 0 saturated heterocycles. The number of halogens is 2. The van der Waals surface area contributed by atoms with Crippen molar-refractivity contribution in [1.29, 1.82) is 0 Å². The number of hydrogen-bond acceptors (Lipinski definition) is 0. The Morgan fingerprint density at radius 3 is 2.23 bits per heavy atom. The second kappa shape index (κ2) is 6.68. The first kappa shape index (κ1) is 20.6. The number of hydrogen-bond donors (Lipinski definition) is 0. The predicted octanol–water partition coefficient (Wildman–Crippen LogP) is 5.78. The maximum Gasteiger partial charge on any atom is 0.737 e. The van der Waals surface area contributed by atoms with Crippen LogP contribution in [0.4, 0.5) is 8.63 Å². The molecule has 0 radical (unpaired) electrons. The Morgan fingerprint density at radius 2 is 1.63 bits per heavy atom. The van der Waals surface area contributed by atoms with E-state index in [9.17, 15) is 0 Å². The second-order valence-corrected chi connectivity index (χ2v) is 14.1. The molecule has 0 N–H and O–H groups in total. The molecule has 30 heavy (non-hydrogen) atoms. The summed E-state index contributed by atoms with van der Waals surface area (Å²) in [5, 5.41) is 0. The van der Waals surface area contributed by atoms with E-state index >= 15 is 8.63 Å². The number of rotatable bonds is 1. The molecule has 2 aliphatic rings. The lowest BCUT2D eigenvalue weighted by atomic mass is 9.84. The highest BCUT2D eigenvalue weighted by Crippen LogP contribution is 2.45. The van der Waals surface area contributed by atoms with Crippen LogP contribution in [0.5, 0.6) is 0 Å². The smallest absolute Gasteiger partial charge is 0.393 e. The number of benzene rings is 1. The Morgan fingerprint density at radius 1 is 1.00 bits per heavy atom. The molecule has 6 heteroatoms. The van der Waals surface area contributed by atoms with Crippen LogP contribution in [0.25, 0.3) is 5.57 Å². The molecule has 4 rings (SSSR count). The number of aromatic nitrogens is 1. The summed E-state index contributed by atoms with van der Waals surface area (Å²) < 4.78 is 34.5. The van der Waals surface area contributed by atoms with Crippen LogP contribution < -0.4 is 0 Å². The minimum atomic E-state index is -4.01. The summed E-state index contributed by atoms with van der Waals surface area (Å²) in [6.45, 7) is 9.88. The highest BCUT2D eigenvalue weighted by Gasteiger charge is 2.56. The Kier molecular flexibility index (Phi) is 4.59. The monoisotopic (exact) mass is 420 g/mol. The van der Waals surface area contributed by atoms with E-state index in [-0.39, 0.29) is 0 Å². The van der Waals surface area contributed by atoms with E-state index in [1.54, 1.807) is 13.8 Å². The van der Waals surface area contributed by atoms with Gasteiger partial charge in [0.25, 0.3) is 0 Å². The van der Waals surface area contributed by atoms with Crippen LogP contribution in [0.3, 0.4) is 0 Å². The van der Waals surface area contributed by atoms with E-state index in [1.807, 2.05) is 50.2 Å². The van der Waals surface area contributed by atoms with Crippen LogP contribution in [0, 0.1) is 25.3 Å². The zero-order valence-corrected chi connectivity index (χ0v) is 19.7. The molecule has 0 fully saturated rings. The van der Waals surface area contributed by atoms with Crippen molar-refractivity contribution in [3.05, 3.63) is 75.8 Å². The average molecular weight is 420 g/mol. The quantitative estimate of drug-likeness (QED) is 0.408. The van der Waals surface area contributed by atoms with Gasteiger partial charge < -0.3 is 17.6 Å². The molecule has 1 aromatic heterocycles. The molecule has 2 aromatic rings. The molecule has 0 saturated carbocycles. The lowest BCUT2D eigenvalue weighted by Crippen LogP contribution is -2.51. The molecule has 3 heterocycles. The molecule has 0 unspecified atom stereocenters. The van der Waals surface area contributed by atoms with Crippen LogP contribution in [-0.4, -0.2) is 29.7 Å². The van der Waals surface area contributed by atoms with Gasteiger partial charge in [-0.15, -0.1) is 5.54 Å². The van der Waals surface area contributed by atoms with E-state index < -0.39 is 15.0 Å². The second-order valence-electron chi connectivity index (χ2n) is 9.32. The third kappa shape index (κ3) is 2.95. The van der Waals surface area contributed by atoms with E-state index in [0.717, 1.165) is 27.8 Å². The van der Waals surface area contributed by atoms with Crippen molar-refractivity contribution >= 4 is 26.3 Å². The van der Waals surface area contributed by atoms with Gasteiger partial charge in [-0.2, -0.15) is 0 Å². The third-order valence-corrected chi connectivity index (χ3v) is 6.71. The number of allylic oxidation sites excluding steroid dienone is 2. The van der Waals surface area contributed by atoms with Gasteiger partial charge in [0.15, 0.2) is 5.70 Å². The Bertz CT molecular complexity index is 1230. The van der Waals surface area contributed by atoms with Crippen LogP contribution in [0.1, 0.15) is 36.4 Å². The van der Waals surface area contributed by atoms with Gasteiger partial charge in [-0.3, -0.25) is 0 Å². The summed E-state index contributed by atoms with van der Waals surface area (Å²) in [6, 6.07) is 11.7. The topological polar surface area (TPSA) is 7.94 Å². The van der Waals surface area contributed by atoms with Gasteiger partial charge in [-0.1, -0.05) is 55.9 Å². The third-order valence-electron chi connectivity index (χ3n) is 5.83. The van der Waals surface area contributed by atoms with Gasteiger partial charge in [-0.05, 0) is 43.7 Å². The zero-order valence-electron chi connectivity index (χ0n) is 18.7. The van der Waals surface area contributed by atoms with Gasteiger partial charge in [-0.25, -0.2) is 0 Å². The molecule has 2 aliphatic heterocycles. The van der Waals surface area contributed by atoms with Crippen molar-refractivity contribution in [2.75, 3.05) is 0 Å². The van der Waals surface area contributed by atoms with E-state index in [2.05, 4.69) is 31.1 Å². The first-order valence-electron chi connectivity index (χ1n) is 10.3. The van der Waals surface area contributed by atoms with Gasteiger partial charge >= 0.3 is 6.97 Å². The number of nitrogens with zero attached hydrogens (tertiary/aromatic N) is 2. The summed E-state index contributed by atoms with van der Waals surface area (Å²) in [6.07, 6.45) is 0. The molecule has 1 aromatic carbocycles. The van der Waals surface area contributed by atoms with Gasteiger partial charge in [0, 0.05) is 18.2 Å². The number of fused-ring (bicyclic) bond motifs is 2. The molecular weight excluding hydrogens is 393 g/mol. The Balaban J connectivity index is 2.15. The molecule has 0 atom stereocenters. The summed E-state index contributed by atoms with van der Waals surface area (Å²) in [7, 11) is -1.65. The SMILES string of the molecule is CC1=C(C#C[Si](C)(C)C)C(C)=[N+]2C1=C(c1ccccc1)c1c(C)cc(C)n1[B-]2(F)F. The van der Waals surface area contributed by atoms with Crippen LogP contribution in [0.2, 0.25) is 19.6 Å². The Hall–Kier alpha value is -2.65. The Labute approximate surface area is 178 Å². The van der Waals surface area contributed by atoms with Crippen molar-refractivity contribution in [2.45, 2.75) is 47.3 Å². The maximum absolute atomic E-state index is 16.0. The fourth-order valence-electron chi connectivity index (χ4n) is 4.63. The summed E-state index contributed by atoms with van der Waals surface area (Å²) in [5.74, 6) is 3.28. The van der Waals surface area contributed by atoms with Gasteiger partial charge in [0.1, 0.15) is 13.8 Å². The van der Waals surface area contributed by atoms with E-state index in [0.29, 0.717) is 22.8 Å².